The first kappa shape index (κ1) is 14.8. The van der Waals surface area contributed by atoms with E-state index in [0.29, 0.717) is 10.6 Å². The first-order valence-electron chi connectivity index (χ1n) is 7.74. The number of halogens is 1. The summed E-state index contributed by atoms with van der Waals surface area (Å²) in [5, 5.41) is 10.9. The van der Waals surface area contributed by atoms with Crippen molar-refractivity contribution in [2.45, 2.75) is 0 Å². The van der Waals surface area contributed by atoms with E-state index in [2.05, 4.69) is 25.8 Å². The Bertz CT molecular complexity index is 907. The van der Waals surface area contributed by atoms with E-state index < -0.39 is 0 Å². The summed E-state index contributed by atoms with van der Waals surface area (Å²) in [5.41, 5.74) is 1.40. The highest BCUT2D eigenvalue weighted by Crippen LogP contribution is 2.26. The number of fused-ring (bicyclic) bond motifs is 1. The number of H-pyrrole nitrogens is 1. The predicted molar refractivity (Wildman–Crippen MR) is 94.5 cm³/mol. The second kappa shape index (κ2) is 6.02. The summed E-state index contributed by atoms with van der Waals surface area (Å²) in [6, 6.07) is 9.56. The van der Waals surface area contributed by atoms with Gasteiger partial charge in [-0.05, 0) is 24.3 Å². The number of rotatable bonds is 2. The van der Waals surface area contributed by atoms with Gasteiger partial charge >= 0.3 is 0 Å². The molecule has 0 aliphatic carbocycles. The Morgan fingerprint density at radius 3 is 2.62 bits per heavy atom. The fourth-order valence-corrected chi connectivity index (χ4v) is 3.19. The lowest BCUT2D eigenvalue weighted by Crippen LogP contribution is -2.47. The molecule has 0 radical (unpaired) electrons. The van der Waals surface area contributed by atoms with Gasteiger partial charge in [0.1, 0.15) is 5.82 Å². The molecule has 0 bridgehead atoms. The number of nitrogens with one attached hydrogen (secondary N) is 1. The molecular formula is C17H15ClN6. The maximum Gasteiger partial charge on any atom is 0.202 e. The molecule has 0 atom stereocenters. The van der Waals surface area contributed by atoms with Crippen LogP contribution in [0.3, 0.4) is 0 Å². The van der Waals surface area contributed by atoms with Gasteiger partial charge in [-0.15, -0.1) is 0 Å². The molecule has 7 heteroatoms. The Hall–Kier alpha value is -2.78. The van der Waals surface area contributed by atoms with Gasteiger partial charge in [-0.25, -0.2) is 9.97 Å². The van der Waals surface area contributed by atoms with Gasteiger partial charge < -0.3 is 14.8 Å². The highest BCUT2D eigenvalue weighted by atomic mass is 35.5. The van der Waals surface area contributed by atoms with Crippen LogP contribution in [0.15, 0.2) is 36.7 Å². The first-order valence-corrected chi connectivity index (χ1v) is 8.12. The van der Waals surface area contributed by atoms with Gasteiger partial charge in [-0.2, -0.15) is 5.26 Å². The number of aromatic amines is 1. The van der Waals surface area contributed by atoms with Crippen molar-refractivity contribution in [2.75, 3.05) is 36.0 Å². The first-order chi connectivity index (χ1) is 11.7. The van der Waals surface area contributed by atoms with Crippen LogP contribution >= 0.6 is 11.6 Å². The maximum atomic E-state index is 9.46. The smallest absolute Gasteiger partial charge is 0.202 e. The number of anilines is 2. The molecule has 1 fully saturated rings. The number of hydrogen-bond donors (Lipinski definition) is 1. The molecule has 120 valence electrons. The number of aromatic nitrogens is 3. The number of piperazine rings is 1. The van der Waals surface area contributed by atoms with E-state index in [-0.39, 0.29) is 0 Å². The maximum absolute atomic E-state index is 9.46. The van der Waals surface area contributed by atoms with Crippen LogP contribution in [0, 0.1) is 11.3 Å². The van der Waals surface area contributed by atoms with Crippen molar-refractivity contribution >= 4 is 34.3 Å². The van der Waals surface area contributed by atoms with Crippen LogP contribution in [-0.4, -0.2) is 41.1 Å². The van der Waals surface area contributed by atoms with Crippen molar-refractivity contribution < 1.29 is 0 Å². The van der Waals surface area contributed by atoms with Crippen LogP contribution in [0.2, 0.25) is 5.02 Å². The van der Waals surface area contributed by atoms with Crippen LogP contribution in [0.5, 0.6) is 0 Å². The third-order valence-electron chi connectivity index (χ3n) is 4.26. The van der Waals surface area contributed by atoms with Gasteiger partial charge in [0.25, 0.3) is 0 Å². The van der Waals surface area contributed by atoms with E-state index in [9.17, 15) is 5.26 Å². The van der Waals surface area contributed by atoms with E-state index in [1.807, 2.05) is 18.3 Å². The Kier molecular flexibility index (Phi) is 3.71. The standard InChI is InChI=1S/C17H15ClN6/c18-13-1-2-15-14(10-13)12(11-19)9-16(22-15)23-5-7-24(8-6-23)17-20-3-4-21-17/h1-4,9-10H,5-8H2,(H,20,21). The summed E-state index contributed by atoms with van der Waals surface area (Å²) < 4.78 is 0. The number of benzene rings is 1. The number of hydrogen-bond acceptors (Lipinski definition) is 5. The van der Waals surface area contributed by atoms with E-state index in [1.54, 1.807) is 18.3 Å². The van der Waals surface area contributed by atoms with E-state index in [0.717, 1.165) is 48.8 Å². The summed E-state index contributed by atoms with van der Waals surface area (Å²) in [7, 11) is 0. The van der Waals surface area contributed by atoms with Gasteiger partial charge in [0.2, 0.25) is 5.95 Å². The Labute approximate surface area is 144 Å². The van der Waals surface area contributed by atoms with Gasteiger partial charge in [0.15, 0.2) is 0 Å². The number of nitrogens with zero attached hydrogens (tertiary/aromatic N) is 5. The molecule has 0 amide bonds. The number of nitriles is 1. The highest BCUT2D eigenvalue weighted by Gasteiger charge is 2.20. The fraction of sp³-hybridized carbons (Fsp3) is 0.235. The molecule has 1 aliphatic rings. The zero-order valence-corrected chi connectivity index (χ0v) is 13.7. The van der Waals surface area contributed by atoms with Crippen LogP contribution in [-0.2, 0) is 0 Å². The van der Waals surface area contributed by atoms with Crippen molar-refractivity contribution in [3.63, 3.8) is 0 Å². The average molecular weight is 339 g/mol. The number of imidazole rings is 1. The van der Waals surface area contributed by atoms with E-state index in [1.165, 1.54) is 0 Å². The topological polar surface area (TPSA) is 71.8 Å². The molecule has 6 nitrogen and oxygen atoms in total. The monoisotopic (exact) mass is 338 g/mol. The van der Waals surface area contributed by atoms with Crippen molar-refractivity contribution in [3.05, 3.63) is 47.2 Å². The molecule has 24 heavy (non-hydrogen) atoms. The second-order valence-electron chi connectivity index (χ2n) is 5.69. The van der Waals surface area contributed by atoms with Crippen molar-refractivity contribution in [2.24, 2.45) is 0 Å². The lowest BCUT2D eigenvalue weighted by Gasteiger charge is -2.35. The van der Waals surface area contributed by atoms with Gasteiger partial charge in [0.05, 0.1) is 17.1 Å². The molecule has 4 rings (SSSR count). The molecule has 1 aliphatic heterocycles. The second-order valence-corrected chi connectivity index (χ2v) is 6.12. The summed E-state index contributed by atoms with van der Waals surface area (Å²) in [6.45, 7) is 3.38. The fourth-order valence-electron chi connectivity index (χ4n) is 3.02. The summed E-state index contributed by atoms with van der Waals surface area (Å²) in [5.74, 6) is 1.73. The molecule has 3 aromatic rings. The molecule has 2 aromatic heterocycles. The minimum atomic E-state index is 0.603. The quantitative estimate of drug-likeness (QED) is 0.778. The summed E-state index contributed by atoms with van der Waals surface area (Å²) >= 11 is 6.04. The minimum Gasteiger partial charge on any atom is -0.353 e. The largest absolute Gasteiger partial charge is 0.353 e. The van der Waals surface area contributed by atoms with Gasteiger partial charge in [0, 0.05) is 49.0 Å². The van der Waals surface area contributed by atoms with Crippen molar-refractivity contribution in [1.29, 1.82) is 5.26 Å². The molecule has 3 heterocycles. The molecule has 0 spiro atoms. The SMILES string of the molecule is N#Cc1cc(N2CCN(c3ncc[nH]3)CC2)nc2ccc(Cl)cc12. The zero-order chi connectivity index (χ0) is 16.5. The minimum absolute atomic E-state index is 0.603. The lowest BCUT2D eigenvalue weighted by atomic mass is 10.1. The van der Waals surface area contributed by atoms with Crippen molar-refractivity contribution in [3.8, 4) is 6.07 Å². The summed E-state index contributed by atoms with van der Waals surface area (Å²) in [4.78, 5) is 16.6. The Morgan fingerprint density at radius 1 is 1.12 bits per heavy atom. The molecule has 0 unspecified atom stereocenters. The van der Waals surface area contributed by atoms with Crippen molar-refractivity contribution in [1.82, 2.24) is 15.0 Å². The van der Waals surface area contributed by atoms with E-state index >= 15 is 0 Å². The van der Waals surface area contributed by atoms with Crippen LogP contribution in [0.1, 0.15) is 5.56 Å². The molecule has 1 N–H and O–H groups in total. The van der Waals surface area contributed by atoms with Crippen LogP contribution in [0.25, 0.3) is 10.9 Å². The Morgan fingerprint density at radius 2 is 1.92 bits per heavy atom. The molecule has 1 saturated heterocycles. The average Bonchev–Trinajstić information content (AvgIpc) is 3.15. The third kappa shape index (κ3) is 2.63. The third-order valence-corrected chi connectivity index (χ3v) is 4.50. The highest BCUT2D eigenvalue weighted by molar-refractivity contribution is 6.31. The predicted octanol–water partition coefficient (Wildman–Crippen LogP) is 2.81. The van der Waals surface area contributed by atoms with Gasteiger partial charge in [-0.3, -0.25) is 0 Å². The molecule has 1 aromatic carbocycles. The lowest BCUT2D eigenvalue weighted by molar-refractivity contribution is 0.638. The zero-order valence-electron chi connectivity index (χ0n) is 12.9. The normalized spacial score (nSPS) is 14.8. The molecular weight excluding hydrogens is 324 g/mol. The van der Waals surface area contributed by atoms with Gasteiger partial charge in [-0.1, -0.05) is 11.6 Å². The van der Waals surface area contributed by atoms with E-state index in [4.69, 9.17) is 16.6 Å². The summed E-state index contributed by atoms with van der Waals surface area (Å²) in [6.07, 6.45) is 3.59. The Balaban J connectivity index is 1.61. The van der Waals surface area contributed by atoms with Crippen LogP contribution < -0.4 is 9.80 Å². The molecule has 0 saturated carbocycles. The number of pyridine rings is 1. The van der Waals surface area contributed by atoms with Crippen LogP contribution in [0.4, 0.5) is 11.8 Å².